The van der Waals surface area contributed by atoms with Gasteiger partial charge in [0.25, 0.3) is 0 Å². The summed E-state index contributed by atoms with van der Waals surface area (Å²) < 4.78 is 5.73. The molecule has 138 valence electrons. The van der Waals surface area contributed by atoms with E-state index in [1.54, 1.807) is 0 Å². The van der Waals surface area contributed by atoms with Crippen LogP contribution in [-0.4, -0.2) is 43.6 Å². The van der Waals surface area contributed by atoms with E-state index < -0.39 is 0 Å². The molecule has 0 aromatic heterocycles. The number of benzene rings is 2. The second-order valence-electron chi connectivity index (χ2n) is 6.47. The monoisotopic (exact) mass is 353 g/mol. The summed E-state index contributed by atoms with van der Waals surface area (Å²) in [6.45, 7) is 5.77. The molecule has 0 saturated carbocycles. The molecule has 1 saturated heterocycles. The molecule has 0 radical (unpaired) electrons. The zero-order valence-corrected chi connectivity index (χ0v) is 15.4. The van der Waals surface area contributed by atoms with Gasteiger partial charge in [-0.15, -0.1) is 0 Å². The number of anilines is 2. The maximum absolute atomic E-state index is 12.5. The molecular formula is C21H27N3O2. The minimum atomic E-state index is 0.200. The Morgan fingerprint density at radius 1 is 1.04 bits per heavy atom. The summed E-state index contributed by atoms with van der Waals surface area (Å²) >= 11 is 0. The zero-order valence-electron chi connectivity index (χ0n) is 15.4. The summed E-state index contributed by atoms with van der Waals surface area (Å²) in [6.07, 6.45) is 1.20. The Balaban J connectivity index is 1.53. The number of hydrogen-bond donors (Lipinski definition) is 1. The predicted molar refractivity (Wildman–Crippen MR) is 106 cm³/mol. The van der Waals surface area contributed by atoms with E-state index in [9.17, 15) is 4.79 Å². The van der Waals surface area contributed by atoms with Crippen molar-refractivity contribution in [1.82, 2.24) is 4.90 Å². The van der Waals surface area contributed by atoms with E-state index in [0.29, 0.717) is 19.4 Å². The summed E-state index contributed by atoms with van der Waals surface area (Å²) in [5, 5.41) is 0. The fourth-order valence-electron chi connectivity index (χ4n) is 3.35. The number of nitrogens with zero attached hydrogens (tertiary/aromatic N) is 2. The van der Waals surface area contributed by atoms with Crippen molar-refractivity contribution in [2.75, 3.05) is 43.4 Å². The van der Waals surface area contributed by atoms with Crippen LogP contribution < -0.4 is 15.4 Å². The van der Waals surface area contributed by atoms with E-state index in [1.807, 2.05) is 54.3 Å². The molecule has 3 rings (SSSR count). The number of hydrogen-bond acceptors (Lipinski definition) is 4. The molecule has 1 aliphatic heterocycles. The second-order valence-corrected chi connectivity index (χ2v) is 6.47. The Kier molecular flexibility index (Phi) is 6.00. The number of piperazine rings is 1. The van der Waals surface area contributed by atoms with Gasteiger partial charge in [0, 0.05) is 38.3 Å². The van der Waals surface area contributed by atoms with E-state index in [0.717, 1.165) is 48.9 Å². The molecule has 5 nitrogen and oxygen atoms in total. The molecular weight excluding hydrogens is 326 g/mol. The number of carbonyl (C=O) groups excluding carboxylic acids is 1. The van der Waals surface area contributed by atoms with Crippen LogP contribution in [0.4, 0.5) is 11.4 Å². The molecule has 26 heavy (non-hydrogen) atoms. The second kappa shape index (κ2) is 8.61. The standard InChI is InChI=1S/C21H27N3O2/c1-2-26-20-10-6-5-9-19(20)23-13-15-24(16-14-23)21(25)12-11-17-7-3-4-8-18(17)22/h3-10H,2,11-16,22H2,1H3. The maximum Gasteiger partial charge on any atom is 0.223 e. The van der Waals surface area contributed by atoms with Crippen molar-refractivity contribution in [1.29, 1.82) is 0 Å². The van der Waals surface area contributed by atoms with Gasteiger partial charge in [-0.1, -0.05) is 30.3 Å². The normalized spacial score (nSPS) is 14.3. The Bertz CT molecular complexity index is 740. The van der Waals surface area contributed by atoms with E-state index in [-0.39, 0.29) is 5.91 Å². The summed E-state index contributed by atoms with van der Waals surface area (Å²) in [7, 11) is 0. The lowest BCUT2D eigenvalue weighted by Gasteiger charge is -2.36. The lowest BCUT2D eigenvalue weighted by atomic mass is 10.1. The van der Waals surface area contributed by atoms with Gasteiger partial charge in [-0.3, -0.25) is 4.79 Å². The van der Waals surface area contributed by atoms with Gasteiger partial charge in [0.1, 0.15) is 5.75 Å². The fourth-order valence-corrected chi connectivity index (χ4v) is 3.35. The van der Waals surface area contributed by atoms with Gasteiger partial charge < -0.3 is 20.3 Å². The molecule has 1 fully saturated rings. The Morgan fingerprint density at radius 3 is 2.46 bits per heavy atom. The van der Waals surface area contributed by atoms with E-state index in [2.05, 4.69) is 11.0 Å². The summed E-state index contributed by atoms with van der Waals surface area (Å²) in [6, 6.07) is 15.9. The molecule has 0 spiro atoms. The van der Waals surface area contributed by atoms with Gasteiger partial charge in [0.15, 0.2) is 0 Å². The van der Waals surface area contributed by atoms with Crippen molar-refractivity contribution in [3.63, 3.8) is 0 Å². The third kappa shape index (κ3) is 4.28. The largest absolute Gasteiger partial charge is 0.492 e. The molecule has 2 aromatic rings. The highest BCUT2D eigenvalue weighted by molar-refractivity contribution is 5.77. The minimum absolute atomic E-state index is 0.200. The smallest absolute Gasteiger partial charge is 0.223 e. The van der Waals surface area contributed by atoms with E-state index in [4.69, 9.17) is 10.5 Å². The van der Waals surface area contributed by atoms with Crippen molar-refractivity contribution < 1.29 is 9.53 Å². The average Bonchev–Trinajstić information content (AvgIpc) is 2.68. The number of nitrogens with two attached hydrogens (primary N) is 1. The van der Waals surface area contributed by atoms with Crippen LogP contribution in [-0.2, 0) is 11.2 Å². The molecule has 1 amide bonds. The number of carbonyl (C=O) groups is 1. The topological polar surface area (TPSA) is 58.8 Å². The molecule has 0 unspecified atom stereocenters. The van der Waals surface area contributed by atoms with Crippen LogP contribution in [0.15, 0.2) is 48.5 Å². The molecule has 2 aromatic carbocycles. The SMILES string of the molecule is CCOc1ccccc1N1CCN(C(=O)CCc2ccccc2N)CC1. The first-order valence-corrected chi connectivity index (χ1v) is 9.27. The Hall–Kier alpha value is -2.69. The van der Waals surface area contributed by atoms with Crippen LogP contribution >= 0.6 is 0 Å². The van der Waals surface area contributed by atoms with Crippen molar-refractivity contribution in [3.05, 3.63) is 54.1 Å². The quantitative estimate of drug-likeness (QED) is 0.811. The molecule has 1 heterocycles. The fraction of sp³-hybridized carbons (Fsp3) is 0.381. The van der Waals surface area contributed by atoms with Gasteiger partial charge >= 0.3 is 0 Å². The van der Waals surface area contributed by atoms with Gasteiger partial charge in [0.2, 0.25) is 5.91 Å². The highest BCUT2D eigenvalue weighted by Crippen LogP contribution is 2.28. The lowest BCUT2D eigenvalue weighted by molar-refractivity contribution is -0.131. The molecule has 2 N–H and O–H groups in total. The summed E-state index contributed by atoms with van der Waals surface area (Å²) in [5.41, 5.74) is 8.88. The lowest BCUT2D eigenvalue weighted by Crippen LogP contribution is -2.49. The highest BCUT2D eigenvalue weighted by Gasteiger charge is 2.22. The highest BCUT2D eigenvalue weighted by atomic mass is 16.5. The number of rotatable bonds is 6. The van der Waals surface area contributed by atoms with Crippen molar-refractivity contribution in [2.24, 2.45) is 0 Å². The molecule has 0 aliphatic carbocycles. The van der Waals surface area contributed by atoms with E-state index in [1.165, 1.54) is 0 Å². The third-order valence-corrected chi connectivity index (χ3v) is 4.80. The van der Waals surface area contributed by atoms with Crippen LogP contribution in [0.1, 0.15) is 18.9 Å². The summed E-state index contributed by atoms with van der Waals surface area (Å²) in [5.74, 6) is 1.11. The van der Waals surface area contributed by atoms with E-state index >= 15 is 0 Å². The average molecular weight is 353 g/mol. The zero-order chi connectivity index (χ0) is 18.4. The Morgan fingerprint density at radius 2 is 1.73 bits per heavy atom. The van der Waals surface area contributed by atoms with Crippen LogP contribution in [0.3, 0.4) is 0 Å². The number of amides is 1. The first kappa shape index (κ1) is 18.1. The maximum atomic E-state index is 12.5. The van der Waals surface area contributed by atoms with Gasteiger partial charge in [-0.25, -0.2) is 0 Å². The van der Waals surface area contributed by atoms with Crippen molar-refractivity contribution >= 4 is 17.3 Å². The number of para-hydroxylation sites is 3. The molecule has 0 atom stereocenters. The molecule has 0 bridgehead atoms. The van der Waals surface area contributed by atoms with Gasteiger partial charge in [-0.2, -0.15) is 0 Å². The van der Waals surface area contributed by atoms with Crippen molar-refractivity contribution in [2.45, 2.75) is 19.8 Å². The predicted octanol–water partition coefficient (Wildman–Crippen LogP) is 2.95. The number of nitrogen functional groups attached to an aromatic ring is 1. The third-order valence-electron chi connectivity index (χ3n) is 4.80. The van der Waals surface area contributed by atoms with Gasteiger partial charge in [0.05, 0.1) is 12.3 Å². The van der Waals surface area contributed by atoms with Gasteiger partial charge in [-0.05, 0) is 37.1 Å². The van der Waals surface area contributed by atoms with Crippen molar-refractivity contribution in [3.8, 4) is 5.75 Å². The van der Waals surface area contributed by atoms with Crippen LogP contribution in [0, 0.1) is 0 Å². The summed E-state index contributed by atoms with van der Waals surface area (Å²) in [4.78, 5) is 16.8. The number of ether oxygens (including phenoxy) is 1. The van der Waals surface area contributed by atoms with Crippen LogP contribution in [0.25, 0.3) is 0 Å². The first-order chi connectivity index (χ1) is 12.7. The minimum Gasteiger partial charge on any atom is -0.492 e. The first-order valence-electron chi connectivity index (χ1n) is 9.27. The number of aryl methyl sites for hydroxylation is 1. The Labute approximate surface area is 155 Å². The van der Waals surface area contributed by atoms with Crippen LogP contribution in [0.2, 0.25) is 0 Å². The van der Waals surface area contributed by atoms with Crippen LogP contribution in [0.5, 0.6) is 5.75 Å². The molecule has 1 aliphatic rings. The molecule has 5 heteroatoms.